The summed E-state index contributed by atoms with van der Waals surface area (Å²) < 4.78 is 3.95. The van der Waals surface area contributed by atoms with E-state index < -0.39 is 46.5 Å². The average Bonchev–Trinajstić information content (AvgIpc) is 3.59. The van der Waals surface area contributed by atoms with Gasteiger partial charge in [-0.05, 0) is 64.2 Å². The number of phenolic OH excluding ortho intramolecular Hbond substituents is 2. The zero-order chi connectivity index (χ0) is 36.9. The number of nitrogen functional groups attached to an aromatic ring is 1. The molecule has 6 rings (SSSR count). The molecule has 51 heavy (non-hydrogen) atoms. The van der Waals surface area contributed by atoms with E-state index in [2.05, 4.69) is 30.0 Å². The number of rotatable bonds is 11. The van der Waals surface area contributed by atoms with Crippen molar-refractivity contribution in [3.05, 3.63) is 40.4 Å². The summed E-state index contributed by atoms with van der Waals surface area (Å²) in [5, 5.41) is 48.0. The first-order chi connectivity index (χ1) is 24.1. The Kier molecular flexibility index (Phi) is 9.59. The molecule has 2 bridgehead atoms. The van der Waals surface area contributed by atoms with Crippen molar-refractivity contribution in [2.45, 2.75) is 81.6 Å². The van der Waals surface area contributed by atoms with Gasteiger partial charge in [-0.3, -0.25) is 24.2 Å². The number of carboxylic acids is 2. The maximum atomic E-state index is 13.4. The number of hydrogen-bond donors (Lipinski definition) is 7. The van der Waals surface area contributed by atoms with Crippen LogP contribution in [0.3, 0.4) is 0 Å². The van der Waals surface area contributed by atoms with Crippen LogP contribution in [-0.4, -0.2) is 122 Å². The van der Waals surface area contributed by atoms with Gasteiger partial charge in [0, 0.05) is 53.1 Å². The fraction of sp³-hybridized carbons (Fsp3) is 0.484. The second-order valence-electron chi connectivity index (χ2n) is 13.2. The van der Waals surface area contributed by atoms with Gasteiger partial charge in [-0.2, -0.15) is 9.36 Å². The molecule has 2 aromatic rings. The Hall–Kier alpha value is -4.95. The van der Waals surface area contributed by atoms with Crippen LogP contribution in [0.1, 0.15) is 61.3 Å². The van der Waals surface area contributed by atoms with Gasteiger partial charge in [-0.1, -0.05) is 5.16 Å². The van der Waals surface area contributed by atoms with E-state index in [0.29, 0.717) is 25.0 Å². The summed E-state index contributed by atoms with van der Waals surface area (Å²) in [5.74, 6) is -5.17. The van der Waals surface area contributed by atoms with Crippen molar-refractivity contribution < 1.29 is 49.2 Å². The Morgan fingerprint density at radius 2 is 1.80 bits per heavy atom. The number of aromatic nitrogens is 2. The minimum absolute atomic E-state index is 0.00761. The normalized spacial score (nSPS) is 24.8. The van der Waals surface area contributed by atoms with Crippen LogP contribution in [0.2, 0.25) is 0 Å². The summed E-state index contributed by atoms with van der Waals surface area (Å²) in [7, 11) is 0. The maximum absolute atomic E-state index is 13.4. The van der Waals surface area contributed by atoms with Crippen LogP contribution in [0.15, 0.2) is 28.6 Å². The Balaban J connectivity index is 1.13. The molecule has 0 saturated carbocycles. The third-order valence-electron chi connectivity index (χ3n) is 9.53. The Labute approximate surface area is 298 Å². The predicted molar refractivity (Wildman–Crippen MR) is 182 cm³/mol. The quantitative estimate of drug-likeness (QED) is 0.0718. The SMILES string of the molecule is Cc1c(C(=O)NC2C[C@H]3CC[C@@H](C2)N3CC2=C(C(=O)O)N3C(=O)[C@@H](NC(=O)/C(=N\OC(C)(C)C(=O)O)c4nsc(N)n4)[C@H]3SC2)ccc(O)c1O. The Bertz CT molecular complexity index is 1870. The summed E-state index contributed by atoms with van der Waals surface area (Å²) in [4.78, 5) is 76.4. The number of aliphatic carboxylic acids is 2. The molecule has 3 fully saturated rings. The van der Waals surface area contributed by atoms with Crippen molar-refractivity contribution in [2.75, 3.05) is 18.0 Å². The summed E-state index contributed by atoms with van der Waals surface area (Å²) in [6.45, 7) is 4.31. The molecule has 5 heterocycles. The van der Waals surface area contributed by atoms with Crippen LogP contribution < -0.4 is 16.4 Å². The molecule has 3 saturated heterocycles. The molecule has 4 aliphatic rings. The van der Waals surface area contributed by atoms with E-state index in [1.54, 1.807) is 6.92 Å². The maximum Gasteiger partial charge on any atom is 0.352 e. The number of piperidine rings is 1. The number of carbonyl (C=O) groups excluding carboxylic acids is 3. The standard InChI is InChI=1S/C31H36N8O10S2/c1-12-17(6-7-18(40)22(12)41)24(42)33-14-8-15-4-5-16(9-14)38(15)10-13-11-50-27-20(26(44)39(27)21(13)28(45)46)34-25(43)19(23-35-30(32)51-37-23)36-49-31(2,3)29(47)48/h6-7,14-16,20,27,40-41H,4-5,8-11H2,1-3H3,(H,33,42)(H,34,43)(H,45,46)(H,47,48)(H2,32,35,37)/b36-19-/t14?,15-,16+,20-,27-/m1/s1. The molecule has 20 heteroatoms. The lowest BCUT2D eigenvalue weighted by Crippen LogP contribution is -2.71. The summed E-state index contributed by atoms with van der Waals surface area (Å²) in [6.07, 6.45) is 2.97. The van der Waals surface area contributed by atoms with Crippen molar-refractivity contribution in [1.82, 2.24) is 29.8 Å². The first-order valence-corrected chi connectivity index (χ1v) is 17.8. The number of carboxylic acid groups (broad SMARTS) is 2. The number of hydrogen-bond acceptors (Lipinski definition) is 15. The van der Waals surface area contributed by atoms with Gasteiger partial charge in [0.2, 0.25) is 17.1 Å². The molecule has 0 aliphatic carbocycles. The molecule has 3 amide bonds. The summed E-state index contributed by atoms with van der Waals surface area (Å²) >= 11 is 2.07. The third-order valence-corrected chi connectivity index (χ3v) is 11.4. The highest BCUT2D eigenvalue weighted by Crippen LogP contribution is 2.43. The van der Waals surface area contributed by atoms with E-state index >= 15 is 0 Å². The molecule has 1 unspecified atom stereocenters. The molecule has 272 valence electrons. The number of thioether (sulfide) groups is 1. The number of fused-ring (bicyclic) bond motifs is 3. The molecular formula is C31H36N8O10S2. The van der Waals surface area contributed by atoms with Crippen molar-refractivity contribution in [1.29, 1.82) is 0 Å². The zero-order valence-corrected chi connectivity index (χ0v) is 29.3. The monoisotopic (exact) mass is 744 g/mol. The summed E-state index contributed by atoms with van der Waals surface area (Å²) in [5.41, 5.74) is 4.31. The van der Waals surface area contributed by atoms with Crippen LogP contribution in [0.5, 0.6) is 11.5 Å². The fourth-order valence-electron chi connectivity index (χ4n) is 6.79. The smallest absolute Gasteiger partial charge is 0.352 e. The molecule has 1 aromatic carbocycles. The Morgan fingerprint density at radius 1 is 1.12 bits per heavy atom. The zero-order valence-electron chi connectivity index (χ0n) is 27.7. The number of benzene rings is 1. The van der Waals surface area contributed by atoms with E-state index in [1.807, 2.05) is 0 Å². The number of nitrogens with two attached hydrogens (primary N) is 1. The van der Waals surface area contributed by atoms with Crippen LogP contribution in [0, 0.1) is 6.92 Å². The second kappa shape index (κ2) is 13.6. The predicted octanol–water partition coefficient (Wildman–Crippen LogP) is 0.588. The van der Waals surface area contributed by atoms with Gasteiger partial charge in [0.25, 0.3) is 17.7 Å². The number of phenols is 2. The van der Waals surface area contributed by atoms with Gasteiger partial charge in [0.15, 0.2) is 16.6 Å². The van der Waals surface area contributed by atoms with Crippen LogP contribution >= 0.6 is 23.3 Å². The Morgan fingerprint density at radius 3 is 2.41 bits per heavy atom. The molecule has 4 aliphatic heterocycles. The van der Waals surface area contributed by atoms with Crippen molar-refractivity contribution in [3.8, 4) is 11.5 Å². The van der Waals surface area contributed by atoms with E-state index in [-0.39, 0.29) is 69.1 Å². The first kappa shape index (κ1) is 35.9. The molecule has 0 spiro atoms. The van der Waals surface area contributed by atoms with E-state index in [0.717, 1.165) is 24.4 Å². The highest BCUT2D eigenvalue weighted by Gasteiger charge is 2.55. The summed E-state index contributed by atoms with van der Waals surface area (Å²) in [6, 6.07) is 1.58. The lowest BCUT2D eigenvalue weighted by Gasteiger charge is -2.50. The molecule has 18 nitrogen and oxygen atoms in total. The number of anilines is 1. The number of amides is 3. The van der Waals surface area contributed by atoms with Gasteiger partial charge in [-0.15, -0.1) is 11.8 Å². The molecule has 0 radical (unpaired) electrons. The minimum Gasteiger partial charge on any atom is -0.504 e. The average molecular weight is 745 g/mol. The van der Waals surface area contributed by atoms with Crippen LogP contribution in [0.25, 0.3) is 0 Å². The lowest BCUT2D eigenvalue weighted by molar-refractivity contribution is -0.161. The second-order valence-corrected chi connectivity index (χ2v) is 15.1. The molecule has 5 atom stereocenters. The van der Waals surface area contributed by atoms with E-state index in [9.17, 15) is 44.4 Å². The number of nitrogens with one attached hydrogen (secondary N) is 2. The number of β-lactam (4-membered cyclic amide) rings is 1. The van der Waals surface area contributed by atoms with Gasteiger partial charge in [0.05, 0.1) is 0 Å². The molecule has 8 N–H and O–H groups in total. The number of oxime groups is 1. The number of aromatic hydroxyl groups is 2. The minimum atomic E-state index is -1.81. The fourth-order valence-corrected chi connectivity index (χ4v) is 8.56. The highest BCUT2D eigenvalue weighted by molar-refractivity contribution is 8.00. The molecule has 1 aromatic heterocycles. The third kappa shape index (κ3) is 6.77. The topological polar surface area (TPSA) is 270 Å². The van der Waals surface area contributed by atoms with Crippen molar-refractivity contribution >= 4 is 63.8 Å². The van der Waals surface area contributed by atoms with Gasteiger partial charge < -0.3 is 41.6 Å². The largest absolute Gasteiger partial charge is 0.504 e. The van der Waals surface area contributed by atoms with Crippen LogP contribution in [-0.2, 0) is 24.0 Å². The number of carbonyl (C=O) groups is 5. The lowest BCUT2D eigenvalue weighted by atomic mass is 9.95. The number of nitrogens with zero attached hydrogens (tertiary/aromatic N) is 5. The van der Waals surface area contributed by atoms with Gasteiger partial charge in [0.1, 0.15) is 17.1 Å². The molecular weight excluding hydrogens is 709 g/mol. The first-order valence-electron chi connectivity index (χ1n) is 16.0. The highest BCUT2D eigenvalue weighted by atomic mass is 32.2. The van der Waals surface area contributed by atoms with Gasteiger partial charge in [-0.25, -0.2) is 9.59 Å². The van der Waals surface area contributed by atoms with E-state index in [4.69, 9.17) is 10.6 Å². The van der Waals surface area contributed by atoms with Crippen LogP contribution in [0.4, 0.5) is 5.13 Å². The van der Waals surface area contributed by atoms with Crippen molar-refractivity contribution in [2.24, 2.45) is 5.16 Å². The van der Waals surface area contributed by atoms with Crippen molar-refractivity contribution in [3.63, 3.8) is 0 Å². The van der Waals surface area contributed by atoms with Gasteiger partial charge >= 0.3 is 11.9 Å². The van der Waals surface area contributed by atoms with E-state index in [1.165, 1.54) is 42.6 Å².